The monoisotopic (exact) mass is 338 g/mol. The van der Waals surface area contributed by atoms with E-state index in [0.29, 0.717) is 16.9 Å². The molecule has 3 rings (SSSR count). The van der Waals surface area contributed by atoms with Gasteiger partial charge >= 0.3 is 6.03 Å². The number of methoxy groups -OCH3 is 1. The lowest BCUT2D eigenvalue weighted by atomic mass is 9.92. The van der Waals surface area contributed by atoms with Crippen LogP contribution in [-0.2, 0) is 10.3 Å². The number of hydrogen-bond acceptors (Lipinski definition) is 4. The summed E-state index contributed by atoms with van der Waals surface area (Å²) in [6.07, 6.45) is 0. The minimum atomic E-state index is -1.17. The summed E-state index contributed by atoms with van der Waals surface area (Å²) in [5, 5.41) is 2.69. The molecular weight excluding hydrogens is 320 g/mol. The van der Waals surface area contributed by atoms with Gasteiger partial charge < -0.3 is 10.1 Å². The van der Waals surface area contributed by atoms with Gasteiger partial charge in [-0.15, -0.1) is 0 Å². The van der Waals surface area contributed by atoms with Crippen molar-refractivity contribution in [3.8, 4) is 5.75 Å². The first kappa shape index (κ1) is 16.7. The third-order valence-corrected chi connectivity index (χ3v) is 4.32. The summed E-state index contributed by atoms with van der Waals surface area (Å²) in [5.74, 6) is -0.239. The maximum Gasteiger partial charge on any atom is 0.325 e. The quantitative estimate of drug-likeness (QED) is 0.671. The number of carbonyl (C=O) groups is 3. The van der Waals surface area contributed by atoms with E-state index in [1.165, 1.54) is 7.11 Å². The van der Waals surface area contributed by atoms with Crippen LogP contribution in [0.3, 0.4) is 0 Å². The molecule has 1 heterocycles. The van der Waals surface area contributed by atoms with Crippen LogP contribution < -0.4 is 10.1 Å². The summed E-state index contributed by atoms with van der Waals surface area (Å²) in [4.78, 5) is 38.5. The first-order chi connectivity index (χ1) is 12.0. The molecule has 0 saturated carbocycles. The lowest BCUT2D eigenvalue weighted by Gasteiger charge is -2.22. The maximum absolute atomic E-state index is 12.8. The van der Waals surface area contributed by atoms with Gasteiger partial charge in [-0.05, 0) is 24.6 Å². The van der Waals surface area contributed by atoms with Crippen LogP contribution in [0.5, 0.6) is 5.75 Å². The molecule has 0 aromatic heterocycles. The van der Waals surface area contributed by atoms with Crippen LogP contribution in [0.4, 0.5) is 4.79 Å². The van der Waals surface area contributed by atoms with E-state index < -0.39 is 17.5 Å². The fourth-order valence-electron chi connectivity index (χ4n) is 2.84. The van der Waals surface area contributed by atoms with Gasteiger partial charge in [0.1, 0.15) is 11.3 Å². The van der Waals surface area contributed by atoms with Gasteiger partial charge in [0.15, 0.2) is 5.78 Å². The summed E-state index contributed by atoms with van der Waals surface area (Å²) < 4.78 is 5.10. The summed E-state index contributed by atoms with van der Waals surface area (Å²) in [6.45, 7) is 1.32. The molecule has 0 radical (unpaired) electrons. The molecule has 128 valence electrons. The minimum Gasteiger partial charge on any atom is -0.497 e. The highest BCUT2D eigenvalue weighted by Gasteiger charge is 2.49. The Morgan fingerprint density at radius 3 is 2.52 bits per heavy atom. The number of Topliss-reactive ketones (excluding diaryl/α,β-unsaturated/α-hetero) is 1. The highest BCUT2D eigenvalue weighted by Crippen LogP contribution is 2.28. The lowest BCUT2D eigenvalue weighted by Crippen LogP contribution is -2.41. The smallest absolute Gasteiger partial charge is 0.325 e. The number of amides is 3. The van der Waals surface area contributed by atoms with Crippen molar-refractivity contribution in [1.82, 2.24) is 10.2 Å². The van der Waals surface area contributed by atoms with Crippen molar-refractivity contribution >= 4 is 17.7 Å². The number of ether oxygens (including phenoxy) is 1. The van der Waals surface area contributed by atoms with E-state index in [-0.39, 0.29) is 12.3 Å². The molecular formula is C19H18N2O4. The number of nitrogens with zero attached hydrogens (tertiary/aromatic N) is 1. The van der Waals surface area contributed by atoms with Crippen LogP contribution in [0.15, 0.2) is 54.6 Å². The second-order valence-corrected chi connectivity index (χ2v) is 5.97. The van der Waals surface area contributed by atoms with Crippen molar-refractivity contribution in [3.05, 3.63) is 65.7 Å². The van der Waals surface area contributed by atoms with E-state index in [1.807, 2.05) is 6.07 Å². The number of benzene rings is 2. The Balaban J connectivity index is 1.82. The maximum atomic E-state index is 12.8. The summed E-state index contributed by atoms with van der Waals surface area (Å²) in [5.41, 5.74) is -0.120. The van der Waals surface area contributed by atoms with Gasteiger partial charge in [0, 0.05) is 5.56 Å². The van der Waals surface area contributed by atoms with Crippen LogP contribution in [0.1, 0.15) is 22.8 Å². The normalized spacial score (nSPS) is 19.7. The molecule has 1 N–H and O–H groups in total. The van der Waals surface area contributed by atoms with Gasteiger partial charge in [-0.3, -0.25) is 14.5 Å². The highest BCUT2D eigenvalue weighted by molar-refractivity contribution is 6.11. The zero-order chi connectivity index (χ0) is 18.0. The van der Waals surface area contributed by atoms with Crippen molar-refractivity contribution in [2.45, 2.75) is 12.5 Å². The molecule has 0 aliphatic carbocycles. The van der Waals surface area contributed by atoms with Gasteiger partial charge in [-0.1, -0.05) is 42.5 Å². The second-order valence-electron chi connectivity index (χ2n) is 5.97. The average Bonchev–Trinajstić information content (AvgIpc) is 2.86. The topological polar surface area (TPSA) is 75.7 Å². The molecule has 0 unspecified atom stereocenters. The molecule has 6 heteroatoms. The minimum absolute atomic E-state index is 0.319. The Hall–Kier alpha value is -3.15. The van der Waals surface area contributed by atoms with Gasteiger partial charge in [-0.2, -0.15) is 0 Å². The van der Waals surface area contributed by atoms with Gasteiger partial charge in [-0.25, -0.2) is 4.79 Å². The van der Waals surface area contributed by atoms with Crippen LogP contribution in [0.25, 0.3) is 0 Å². The molecule has 2 aromatic carbocycles. The summed E-state index contributed by atoms with van der Waals surface area (Å²) in [7, 11) is 1.51. The van der Waals surface area contributed by atoms with Gasteiger partial charge in [0.05, 0.1) is 13.7 Å². The van der Waals surface area contributed by atoms with E-state index >= 15 is 0 Å². The molecule has 6 nitrogen and oxygen atoms in total. The Bertz CT molecular complexity index is 834. The van der Waals surface area contributed by atoms with Crippen molar-refractivity contribution in [1.29, 1.82) is 0 Å². The molecule has 2 aromatic rings. The van der Waals surface area contributed by atoms with E-state index in [0.717, 1.165) is 4.90 Å². The molecule has 1 aliphatic heterocycles. The van der Waals surface area contributed by atoms with Crippen LogP contribution >= 0.6 is 0 Å². The third-order valence-electron chi connectivity index (χ3n) is 4.32. The van der Waals surface area contributed by atoms with Crippen molar-refractivity contribution < 1.29 is 19.1 Å². The number of imide groups is 1. The molecule has 1 saturated heterocycles. The number of rotatable bonds is 5. The molecule has 0 bridgehead atoms. The van der Waals surface area contributed by atoms with E-state index in [9.17, 15) is 14.4 Å². The fraction of sp³-hybridized carbons (Fsp3) is 0.211. The summed E-state index contributed by atoms with van der Waals surface area (Å²) >= 11 is 0. The van der Waals surface area contributed by atoms with E-state index in [2.05, 4.69) is 5.32 Å². The van der Waals surface area contributed by atoms with Gasteiger partial charge in [0.2, 0.25) is 0 Å². The van der Waals surface area contributed by atoms with Crippen LogP contribution in [0.2, 0.25) is 0 Å². The molecule has 3 amide bonds. The number of ketones is 1. The van der Waals surface area contributed by atoms with Crippen molar-refractivity contribution in [2.75, 3.05) is 13.7 Å². The first-order valence-electron chi connectivity index (χ1n) is 7.82. The Labute approximate surface area is 145 Å². The standard InChI is InChI=1S/C19H18N2O4/c1-19(14-8-4-3-5-9-14)17(23)21(18(24)20-19)12-16(22)13-7-6-10-15(11-13)25-2/h3-11H,12H2,1-2H3,(H,20,24)/t19-/m0/s1. The predicted octanol–water partition coefficient (Wildman–Crippen LogP) is 2.35. The van der Waals surface area contributed by atoms with Crippen molar-refractivity contribution in [3.63, 3.8) is 0 Å². The fourth-order valence-corrected chi connectivity index (χ4v) is 2.84. The van der Waals surface area contributed by atoms with E-state index in [1.54, 1.807) is 55.5 Å². The predicted molar refractivity (Wildman–Crippen MR) is 91.4 cm³/mol. The molecule has 25 heavy (non-hydrogen) atoms. The number of urea groups is 1. The zero-order valence-corrected chi connectivity index (χ0v) is 14.0. The average molecular weight is 338 g/mol. The Kier molecular flexibility index (Phi) is 4.27. The Morgan fingerprint density at radius 2 is 1.84 bits per heavy atom. The zero-order valence-electron chi connectivity index (χ0n) is 14.0. The van der Waals surface area contributed by atoms with Gasteiger partial charge in [0.25, 0.3) is 5.91 Å². The summed E-state index contributed by atoms with van der Waals surface area (Å²) in [6, 6.07) is 15.0. The number of nitrogens with one attached hydrogen (secondary N) is 1. The lowest BCUT2D eigenvalue weighted by molar-refractivity contribution is -0.130. The third kappa shape index (κ3) is 2.98. The van der Waals surface area contributed by atoms with E-state index in [4.69, 9.17) is 4.74 Å². The molecule has 1 aliphatic rings. The largest absolute Gasteiger partial charge is 0.497 e. The molecule has 1 fully saturated rings. The SMILES string of the molecule is COc1cccc(C(=O)CN2C(=O)N[C@@](C)(c3ccccc3)C2=O)c1. The Morgan fingerprint density at radius 1 is 1.12 bits per heavy atom. The van der Waals surface area contributed by atoms with Crippen LogP contribution in [-0.4, -0.2) is 36.3 Å². The highest BCUT2D eigenvalue weighted by atomic mass is 16.5. The first-order valence-corrected chi connectivity index (χ1v) is 7.82. The number of hydrogen-bond donors (Lipinski definition) is 1. The molecule has 1 atom stereocenters. The van der Waals surface area contributed by atoms with Crippen molar-refractivity contribution in [2.24, 2.45) is 0 Å². The second kappa shape index (κ2) is 6.39. The number of carbonyl (C=O) groups excluding carboxylic acids is 3. The molecule has 0 spiro atoms. The van der Waals surface area contributed by atoms with Crippen LogP contribution in [0, 0.1) is 0 Å².